The number of hydrogen-bond donors (Lipinski definition) is 0. The average molecular weight is 1110 g/mol. The van der Waals surface area contributed by atoms with Gasteiger partial charge in [0, 0.05) is 19.3 Å². The molecular weight excluding hydrogens is 985 g/mol. The smallest absolute Gasteiger partial charge is 0.306 e. The van der Waals surface area contributed by atoms with Crippen LogP contribution >= 0.6 is 0 Å². The molecule has 6 heteroatoms. The lowest BCUT2D eigenvalue weighted by atomic mass is 10.1. The van der Waals surface area contributed by atoms with Gasteiger partial charge in [0.2, 0.25) is 0 Å². The minimum absolute atomic E-state index is 0.0967. The van der Waals surface area contributed by atoms with E-state index in [0.29, 0.717) is 19.3 Å². The van der Waals surface area contributed by atoms with E-state index in [-0.39, 0.29) is 31.1 Å². The molecule has 452 valence electrons. The third-order valence-electron chi connectivity index (χ3n) is 13.5. The quantitative estimate of drug-likeness (QED) is 0.0261. The fraction of sp³-hybridized carbons (Fsp3) is 0.635. The van der Waals surface area contributed by atoms with E-state index in [4.69, 9.17) is 14.2 Å². The predicted molar refractivity (Wildman–Crippen MR) is 348 cm³/mol. The van der Waals surface area contributed by atoms with Gasteiger partial charge in [-0.3, -0.25) is 14.4 Å². The van der Waals surface area contributed by atoms with Crippen LogP contribution in [0.1, 0.15) is 284 Å². The number of unbranched alkanes of at least 4 members (excludes halogenated alkanes) is 23. The third kappa shape index (κ3) is 64.1. The largest absolute Gasteiger partial charge is 0.462 e. The topological polar surface area (TPSA) is 78.9 Å². The molecular formula is C74H120O6. The van der Waals surface area contributed by atoms with Gasteiger partial charge in [0.15, 0.2) is 6.10 Å². The zero-order valence-electron chi connectivity index (χ0n) is 51.8. The maximum atomic E-state index is 12.9. The van der Waals surface area contributed by atoms with E-state index >= 15 is 0 Å². The number of esters is 3. The summed E-state index contributed by atoms with van der Waals surface area (Å²) < 4.78 is 16.9. The highest BCUT2D eigenvalue weighted by Crippen LogP contribution is 2.14. The van der Waals surface area contributed by atoms with E-state index in [1.807, 2.05) is 0 Å². The lowest BCUT2D eigenvalue weighted by Gasteiger charge is -2.18. The van der Waals surface area contributed by atoms with Crippen molar-refractivity contribution in [2.75, 3.05) is 13.2 Å². The van der Waals surface area contributed by atoms with Gasteiger partial charge < -0.3 is 14.2 Å². The number of hydrogen-bond acceptors (Lipinski definition) is 6. The number of allylic oxidation sites excluding steroid dienone is 24. The highest BCUT2D eigenvalue weighted by Gasteiger charge is 2.19. The second-order valence-electron chi connectivity index (χ2n) is 21.3. The van der Waals surface area contributed by atoms with Crippen LogP contribution in [0.25, 0.3) is 0 Å². The normalized spacial score (nSPS) is 13.1. The molecule has 80 heavy (non-hydrogen) atoms. The Hall–Kier alpha value is -4.71. The highest BCUT2D eigenvalue weighted by atomic mass is 16.6. The standard InChI is InChI=1S/C74H120O6/c1-4-7-10-13-16-19-22-25-28-29-30-31-32-33-34-35-36-37-38-39-40-41-42-43-44-45-47-49-52-55-58-61-64-67-73(76)79-70-71(69-78-72(75)66-63-60-57-54-51-48-27-24-21-18-15-12-9-6-3)80-74(77)68-65-62-59-56-53-50-46-26-23-20-17-14-11-8-5-2/h7,10,15-20,24-28,30-31,33-34,36-37,39-40,42-43,46,71H,4-6,8-9,11-14,21-23,29,32,35,38,41,44-45,47-70H2,1-3H3/b10-7-,18-15-,19-16-,20-17-,27-24-,28-25-,31-30-,34-33-,37-36-,40-39-,43-42-,46-26-. The van der Waals surface area contributed by atoms with Crippen LogP contribution in [0.2, 0.25) is 0 Å². The maximum absolute atomic E-state index is 12.9. The Bertz CT molecular complexity index is 1750. The Morgan fingerprint density at radius 2 is 0.500 bits per heavy atom. The molecule has 0 aliphatic heterocycles. The van der Waals surface area contributed by atoms with Crippen molar-refractivity contribution in [1.29, 1.82) is 0 Å². The van der Waals surface area contributed by atoms with E-state index in [1.165, 1.54) is 77.0 Å². The fourth-order valence-electron chi connectivity index (χ4n) is 8.62. The van der Waals surface area contributed by atoms with Crippen LogP contribution in [-0.4, -0.2) is 37.2 Å². The van der Waals surface area contributed by atoms with Crippen molar-refractivity contribution in [2.45, 2.75) is 290 Å². The summed E-state index contributed by atoms with van der Waals surface area (Å²) in [6.07, 6.45) is 95.7. The van der Waals surface area contributed by atoms with Crippen LogP contribution in [0.15, 0.2) is 146 Å². The number of carbonyl (C=O) groups is 3. The van der Waals surface area contributed by atoms with Crippen LogP contribution in [-0.2, 0) is 28.6 Å². The van der Waals surface area contributed by atoms with Gasteiger partial charge in [0.25, 0.3) is 0 Å². The summed E-state index contributed by atoms with van der Waals surface area (Å²) >= 11 is 0. The van der Waals surface area contributed by atoms with Gasteiger partial charge in [-0.15, -0.1) is 0 Å². The summed E-state index contributed by atoms with van der Waals surface area (Å²) in [5.74, 6) is -0.932. The molecule has 1 atom stereocenters. The second-order valence-corrected chi connectivity index (χ2v) is 21.3. The van der Waals surface area contributed by atoms with Crippen LogP contribution < -0.4 is 0 Å². The van der Waals surface area contributed by atoms with E-state index in [1.54, 1.807) is 0 Å². The van der Waals surface area contributed by atoms with Gasteiger partial charge in [0.05, 0.1) is 0 Å². The van der Waals surface area contributed by atoms with Crippen molar-refractivity contribution in [3.63, 3.8) is 0 Å². The molecule has 0 saturated carbocycles. The lowest BCUT2D eigenvalue weighted by molar-refractivity contribution is -0.167. The summed E-state index contributed by atoms with van der Waals surface area (Å²) in [4.78, 5) is 38.3. The molecule has 0 N–H and O–H groups in total. The molecule has 0 aromatic rings. The van der Waals surface area contributed by atoms with Crippen molar-refractivity contribution in [1.82, 2.24) is 0 Å². The SMILES string of the molecule is CC/C=C\C/C=C\C/C=C\C/C=C\C/C=C\C/C=C\C/C=C\C/C=C\CCCCCCCCCCC(=O)OCC(COC(=O)CCCCCCC/C=C\C/C=C\CCCC)OC(=O)CCCCCCC/C=C\C/C=C\CCCCC. The molecule has 0 rings (SSSR count). The molecule has 0 aromatic heterocycles. The molecule has 0 aliphatic rings. The molecule has 0 amide bonds. The molecule has 0 heterocycles. The Balaban J connectivity index is 4.31. The van der Waals surface area contributed by atoms with Gasteiger partial charge in [-0.2, -0.15) is 0 Å². The van der Waals surface area contributed by atoms with Gasteiger partial charge in [-0.1, -0.05) is 269 Å². The lowest BCUT2D eigenvalue weighted by Crippen LogP contribution is -2.30. The van der Waals surface area contributed by atoms with Crippen molar-refractivity contribution in [2.24, 2.45) is 0 Å². The Morgan fingerprint density at radius 1 is 0.263 bits per heavy atom. The molecule has 1 unspecified atom stereocenters. The fourth-order valence-corrected chi connectivity index (χ4v) is 8.62. The zero-order chi connectivity index (χ0) is 57.8. The van der Waals surface area contributed by atoms with Gasteiger partial charge in [-0.25, -0.2) is 0 Å². The Labute approximate surface area is 493 Å². The third-order valence-corrected chi connectivity index (χ3v) is 13.5. The first kappa shape index (κ1) is 75.3. The first-order valence-electron chi connectivity index (χ1n) is 32.8. The first-order valence-corrected chi connectivity index (χ1v) is 32.8. The average Bonchev–Trinajstić information content (AvgIpc) is 3.46. The van der Waals surface area contributed by atoms with Gasteiger partial charge in [-0.05, 0) is 141 Å². The van der Waals surface area contributed by atoms with Crippen LogP contribution in [0, 0.1) is 0 Å². The van der Waals surface area contributed by atoms with E-state index in [9.17, 15) is 14.4 Å². The van der Waals surface area contributed by atoms with Crippen molar-refractivity contribution < 1.29 is 28.6 Å². The summed E-state index contributed by atoms with van der Waals surface area (Å²) in [6, 6.07) is 0. The van der Waals surface area contributed by atoms with Gasteiger partial charge in [0.1, 0.15) is 13.2 Å². The first-order chi connectivity index (χ1) is 39.5. The maximum Gasteiger partial charge on any atom is 0.306 e. The van der Waals surface area contributed by atoms with Crippen LogP contribution in [0.3, 0.4) is 0 Å². The number of carbonyl (C=O) groups excluding carboxylic acids is 3. The number of rotatable bonds is 58. The Kier molecular flexibility index (Phi) is 62.9. The predicted octanol–water partition coefficient (Wildman–Crippen LogP) is 22.7. The molecule has 0 radical (unpaired) electrons. The summed E-state index contributed by atoms with van der Waals surface area (Å²) in [6.45, 7) is 6.43. The Morgan fingerprint density at radius 3 is 0.800 bits per heavy atom. The van der Waals surface area contributed by atoms with Gasteiger partial charge >= 0.3 is 17.9 Å². The molecule has 0 aliphatic carbocycles. The minimum atomic E-state index is -0.801. The summed E-state index contributed by atoms with van der Waals surface area (Å²) in [5, 5.41) is 0. The highest BCUT2D eigenvalue weighted by molar-refractivity contribution is 5.71. The van der Waals surface area contributed by atoms with E-state index in [0.717, 1.165) is 167 Å². The van der Waals surface area contributed by atoms with Crippen molar-refractivity contribution >= 4 is 17.9 Å². The molecule has 0 fully saturated rings. The molecule has 6 nitrogen and oxygen atoms in total. The zero-order valence-corrected chi connectivity index (χ0v) is 51.8. The molecule has 0 spiro atoms. The van der Waals surface area contributed by atoms with Crippen LogP contribution in [0.5, 0.6) is 0 Å². The summed E-state index contributed by atoms with van der Waals surface area (Å²) in [7, 11) is 0. The van der Waals surface area contributed by atoms with E-state index < -0.39 is 6.10 Å². The van der Waals surface area contributed by atoms with Crippen LogP contribution in [0.4, 0.5) is 0 Å². The minimum Gasteiger partial charge on any atom is -0.462 e. The molecule has 0 saturated heterocycles. The van der Waals surface area contributed by atoms with Crippen molar-refractivity contribution in [3.8, 4) is 0 Å². The summed E-state index contributed by atoms with van der Waals surface area (Å²) in [5.41, 5.74) is 0. The number of ether oxygens (including phenoxy) is 3. The molecule has 0 bridgehead atoms. The monoisotopic (exact) mass is 1100 g/mol. The van der Waals surface area contributed by atoms with Crippen molar-refractivity contribution in [3.05, 3.63) is 146 Å². The molecule has 0 aromatic carbocycles. The second kappa shape index (κ2) is 66.8. The van der Waals surface area contributed by atoms with E-state index in [2.05, 4.69) is 167 Å².